The molecule has 0 saturated carbocycles. The zero-order valence-electron chi connectivity index (χ0n) is 11.4. The first kappa shape index (κ1) is 14.6. The number of nitrogens with two attached hydrogens (primary N) is 1. The molecule has 4 N–H and O–H groups in total. The monoisotopic (exact) mass is 289 g/mol. The molecule has 0 aliphatic carbocycles. The van der Waals surface area contributed by atoms with Gasteiger partial charge in [0, 0.05) is 23.2 Å². The molecule has 106 valence electrons. The van der Waals surface area contributed by atoms with Crippen molar-refractivity contribution in [3.8, 4) is 0 Å². The molecule has 2 rings (SSSR count). The molecule has 20 heavy (non-hydrogen) atoms. The zero-order chi connectivity index (χ0) is 14.4. The first-order valence-corrected chi connectivity index (χ1v) is 7.46. The normalized spacial score (nSPS) is 11.9. The molecule has 1 heterocycles. The highest BCUT2D eigenvalue weighted by molar-refractivity contribution is 7.09. The molecule has 1 unspecified atom stereocenters. The number of nitrogens with one attached hydrogen (secondary N) is 2. The van der Waals surface area contributed by atoms with E-state index in [2.05, 4.69) is 16.7 Å². The number of urea groups is 1. The molecule has 2 amide bonds. The van der Waals surface area contributed by atoms with Gasteiger partial charge in [-0.2, -0.15) is 0 Å². The van der Waals surface area contributed by atoms with Gasteiger partial charge in [0.05, 0.1) is 0 Å². The van der Waals surface area contributed by atoms with Crippen LogP contribution in [0.4, 0.5) is 10.5 Å². The van der Waals surface area contributed by atoms with E-state index in [1.54, 1.807) is 11.3 Å². The molecule has 4 nitrogen and oxygen atoms in total. The van der Waals surface area contributed by atoms with Crippen LogP contribution in [0.15, 0.2) is 41.8 Å². The summed E-state index contributed by atoms with van der Waals surface area (Å²) < 4.78 is 0. The maximum Gasteiger partial charge on any atom is 0.319 e. The van der Waals surface area contributed by atoms with E-state index < -0.39 is 0 Å². The van der Waals surface area contributed by atoms with E-state index in [9.17, 15) is 4.79 Å². The second-order valence-corrected chi connectivity index (χ2v) is 5.66. The Morgan fingerprint density at radius 2 is 2.20 bits per heavy atom. The van der Waals surface area contributed by atoms with Gasteiger partial charge in [0.15, 0.2) is 0 Å². The Balaban J connectivity index is 1.80. The Morgan fingerprint density at radius 1 is 1.35 bits per heavy atom. The van der Waals surface area contributed by atoms with Crippen molar-refractivity contribution in [2.45, 2.75) is 19.4 Å². The highest BCUT2D eigenvalue weighted by Crippen LogP contribution is 2.15. The van der Waals surface area contributed by atoms with Gasteiger partial charge < -0.3 is 16.4 Å². The summed E-state index contributed by atoms with van der Waals surface area (Å²) in [5.74, 6) is 0. The van der Waals surface area contributed by atoms with E-state index in [0.29, 0.717) is 6.54 Å². The SMILES string of the molecule is CC(N)c1cccc(NC(=O)NCCc2cccs2)c1. The standard InChI is InChI=1S/C15H19N3OS/c1-11(16)12-4-2-5-13(10-12)18-15(19)17-8-7-14-6-3-9-20-14/h2-6,9-11H,7-8,16H2,1H3,(H2,17,18,19). The van der Waals surface area contributed by atoms with E-state index in [1.807, 2.05) is 42.6 Å². The lowest BCUT2D eigenvalue weighted by Crippen LogP contribution is -2.30. The second kappa shape index (κ2) is 7.07. The van der Waals surface area contributed by atoms with Crippen LogP contribution >= 0.6 is 11.3 Å². The number of rotatable bonds is 5. The van der Waals surface area contributed by atoms with Crippen molar-refractivity contribution in [2.24, 2.45) is 5.73 Å². The second-order valence-electron chi connectivity index (χ2n) is 4.62. The average molecular weight is 289 g/mol. The first-order valence-electron chi connectivity index (χ1n) is 6.58. The fourth-order valence-corrected chi connectivity index (χ4v) is 2.54. The van der Waals surface area contributed by atoms with Crippen molar-refractivity contribution in [3.63, 3.8) is 0 Å². The van der Waals surface area contributed by atoms with Crippen molar-refractivity contribution < 1.29 is 4.79 Å². The lowest BCUT2D eigenvalue weighted by atomic mass is 10.1. The smallest absolute Gasteiger partial charge is 0.319 e. The Hall–Kier alpha value is -1.85. The van der Waals surface area contributed by atoms with Crippen LogP contribution in [0.5, 0.6) is 0 Å². The molecule has 0 aliphatic rings. The van der Waals surface area contributed by atoms with Crippen molar-refractivity contribution in [1.82, 2.24) is 5.32 Å². The molecule has 0 aliphatic heterocycles. The summed E-state index contributed by atoms with van der Waals surface area (Å²) in [6.07, 6.45) is 0.852. The maximum absolute atomic E-state index is 11.8. The van der Waals surface area contributed by atoms with Gasteiger partial charge in [-0.3, -0.25) is 0 Å². The summed E-state index contributed by atoms with van der Waals surface area (Å²) in [6.45, 7) is 2.54. The van der Waals surface area contributed by atoms with Gasteiger partial charge in [0.1, 0.15) is 0 Å². The molecular formula is C15H19N3OS. The quantitative estimate of drug-likeness (QED) is 0.791. The fourth-order valence-electron chi connectivity index (χ4n) is 1.83. The highest BCUT2D eigenvalue weighted by Gasteiger charge is 2.04. The van der Waals surface area contributed by atoms with Crippen LogP contribution in [0.3, 0.4) is 0 Å². The summed E-state index contributed by atoms with van der Waals surface area (Å²) in [4.78, 5) is 13.0. The van der Waals surface area contributed by atoms with Crippen molar-refractivity contribution in [3.05, 3.63) is 52.2 Å². The summed E-state index contributed by atoms with van der Waals surface area (Å²) in [6, 6.07) is 11.4. The molecule has 0 saturated heterocycles. The van der Waals surface area contributed by atoms with Crippen LogP contribution in [0, 0.1) is 0 Å². The molecule has 0 spiro atoms. The molecule has 1 atom stereocenters. The van der Waals surface area contributed by atoms with Gasteiger partial charge >= 0.3 is 6.03 Å². The van der Waals surface area contributed by atoms with Crippen molar-refractivity contribution in [1.29, 1.82) is 0 Å². The van der Waals surface area contributed by atoms with Gasteiger partial charge in [-0.1, -0.05) is 18.2 Å². The van der Waals surface area contributed by atoms with Gasteiger partial charge in [-0.15, -0.1) is 11.3 Å². The van der Waals surface area contributed by atoms with E-state index in [4.69, 9.17) is 5.73 Å². The minimum atomic E-state index is -0.191. The van der Waals surface area contributed by atoms with Gasteiger partial charge in [0.25, 0.3) is 0 Å². The van der Waals surface area contributed by atoms with Crippen molar-refractivity contribution >= 4 is 23.1 Å². The Bertz CT molecular complexity index is 552. The van der Waals surface area contributed by atoms with Crippen LogP contribution in [-0.2, 0) is 6.42 Å². The number of hydrogen-bond donors (Lipinski definition) is 3. The predicted molar refractivity (Wildman–Crippen MR) is 84.1 cm³/mol. The van der Waals surface area contributed by atoms with E-state index in [0.717, 1.165) is 17.7 Å². The fraction of sp³-hybridized carbons (Fsp3) is 0.267. The number of thiophene rings is 1. The van der Waals surface area contributed by atoms with Crippen LogP contribution in [0.2, 0.25) is 0 Å². The Labute approximate surface area is 123 Å². The van der Waals surface area contributed by atoms with Crippen LogP contribution in [-0.4, -0.2) is 12.6 Å². The molecule has 0 fully saturated rings. The molecule has 1 aromatic heterocycles. The van der Waals surface area contributed by atoms with E-state index in [1.165, 1.54) is 4.88 Å². The number of carbonyl (C=O) groups excluding carboxylic acids is 1. The third-order valence-corrected chi connectivity index (χ3v) is 3.84. The molecule has 0 radical (unpaired) electrons. The molecule has 0 bridgehead atoms. The van der Waals surface area contributed by atoms with Gasteiger partial charge in [-0.05, 0) is 42.5 Å². The number of amides is 2. The molecule has 2 aromatic rings. The van der Waals surface area contributed by atoms with Crippen LogP contribution < -0.4 is 16.4 Å². The zero-order valence-corrected chi connectivity index (χ0v) is 12.2. The predicted octanol–water partition coefficient (Wildman–Crippen LogP) is 3.13. The molecule has 1 aromatic carbocycles. The average Bonchev–Trinajstić information content (AvgIpc) is 2.92. The molecule has 5 heteroatoms. The Kier molecular flexibility index (Phi) is 5.15. The van der Waals surface area contributed by atoms with Gasteiger partial charge in [-0.25, -0.2) is 4.79 Å². The number of anilines is 1. The summed E-state index contributed by atoms with van der Waals surface area (Å²) in [5.41, 5.74) is 7.58. The minimum absolute atomic E-state index is 0.0429. The van der Waals surface area contributed by atoms with Crippen molar-refractivity contribution in [2.75, 3.05) is 11.9 Å². The summed E-state index contributed by atoms with van der Waals surface area (Å²) in [7, 11) is 0. The third-order valence-electron chi connectivity index (χ3n) is 2.91. The van der Waals surface area contributed by atoms with Crippen LogP contribution in [0.25, 0.3) is 0 Å². The Morgan fingerprint density at radius 3 is 2.90 bits per heavy atom. The van der Waals surface area contributed by atoms with Gasteiger partial charge in [0.2, 0.25) is 0 Å². The number of benzene rings is 1. The molecular weight excluding hydrogens is 270 g/mol. The lowest BCUT2D eigenvalue weighted by molar-refractivity contribution is 0.252. The third kappa shape index (κ3) is 4.36. The van der Waals surface area contributed by atoms with Crippen LogP contribution in [0.1, 0.15) is 23.4 Å². The maximum atomic E-state index is 11.8. The first-order chi connectivity index (χ1) is 9.65. The summed E-state index contributed by atoms with van der Waals surface area (Å²) in [5, 5.41) is 7.70. The lowest BCUT2D eigenvalue weighted by Gasteiger charge is -2.10. The number of hydrogen-bond acceptors (Lipinski definition) is 3. The minimum Gasteiger partial charge on any atom is -0.338 e. The highest BCUT2D eigenvalue weighted by atomic mass is 32.1. The van der Waals surface area contributed by atoms with E-state index in [-0.39, 0.29) is 12.1 Å². The van der Waals surface area contributed by atoms with E-state index >= 15 is 0 Å². The summed E-state index contributed by atoms with van der Waals surface area (Å²) >= 11 is 1.70. The number of carbonyl (C=O) groups is 1. The largest absolute Gasteiger partial charge is 0.338 e. The topological polar surface area (TPSA) is 67.1 Å².